The predicted molar refractivity (Wildman–Crippen MR) is 131 cm³/mol. The molecule has 3 rings (SSSR count). The molecule has 0 bridgehead atoms. The summed E-state index contributed by atoms with van der Waals surface area (Å²) in [7, 11) is -0.413. The van der Waals surface area contributed by atoms with Crippen molar-refractivity contribution < 1.29 is 35.5 Å². The van der Waals surface area contributed by atoms with Crippen LogP contribution in [0.2, 0.25) is 18.1 Å². The van der Waals surface area contributed by atoms with Crippen molar-refractivity contribution in [3.63, 3.8) is 0 Å². The van der Waals surface area contributed by atoms with Gasteiger partial charge in [0.2, 0.25) is 0 Å². The van der Waals surface area contributed by atoms with Crippen LogP contribution >= 0.6 is 0 Å². The lowest BCUT2D eigenvalue weighted by Gasteiger charge is -2.30. The van der Waals surface area contributed by atoms with Crippen LogP contribution in [-0.4, -0.2) is 27.5 Å². The minimum atomic E-state index is -5.85. The fraction of sp³-hybridized carbons (Fsp3) is 0.778. The first-order chi connectivity index (χ1) is 17.0. The Balaban J connectivity index is 1.39. The van der Waals surface area contributed by atoms with Gasteiger partial charge in [-0.3, -0.25) is 0 Å². The summed E-state index contributed by atoms with van der Waals surface area (Å²) in [5.41, 5.74) is 0.403. The molecule has 1 nitrogen and oxygen atoms in total. The number of ether oxygens (including phenoxy) is 1. The third kappa shape index (κ3) is 8.12. The van der Waals surface area contributed by atoms with Gasteiger partial charge in [0, 0.05) is 8.80 Å². The molecule has 0 N–H and O–H groups in total. The van der Waals surface area contributed by atoms with Crippen LogP contribution in [0, 0.1) is 23.5 Å². The molecule has 36 heavy (non-hydrogen) atoms. The van der Waals surface area contributed by atoms with Gasteiger partial charge in [0.05, 0.1) is 0 Å². The number of benzene rings is 1. The van der Waals surface area contributed by atoms with Crippen molar-refractivity contribution in [1.82, 2.24) is 0 Å². The quantitative estimate of drug-likeness (QED) is 0.154. The number of hydrogen-bond donors (Lipinski definition) is 0. The van der Waals surface area contributed by atoms with Crippen LogP contribution in [0.1, 0.15) is 89.0 Å². The van der Waals surface area contributed by atoms with Crippen molar-refractivity contribution >= 4 is 8.80 Å². The summed E-state index contributed by atoms with van der Waals surface area (Å²) in [6.07, 6.45) is 6.87. The van der Waals surface area contributed by atoms with Crippen molar-refractivity contribution in [2.24, 2.45) is 11.8 Å². The van der Waals surface area contributed by atoms with Crippen LogP contribution in [0.25, 0.3) is 0 Å². The Kier molecular flexibility index (Phi) is 10.6. The van der Waals surface area contributed by atoms with Crippen LogP contribution in [-0.2, 0) is 0 Å². The SMILES string of the molecule is CCC[Si@H]1CC[C@H](CCCC[C@H]2CC[C@H](c3cc(F)c(OCC(F)(F)C(F)(F)F)c(F)c3)CC2)CC1. The number of unbranched alkanes of at least 4 members (excludes halogenated alkanes) is 1. The molecule has 0 atom stereocenters. The molecule has 0 spiro atoms. The van der Waals surface area contributed by atoms with E-state index in [9.17, 15) is 30.7 Å². The topological polar surface area (TPSA) is 9.23 Å². The molecule has 1 aliphatic carbocycles. The maximum Gasteiger partial charge on any atom is 0.456 e. The van der Waals surface area contributed by atoms with Gasteiger partial charge in [0.1, 0.15) is 0 Å². The lowest BCUT2D eigenvalue weighted by molar-refractivity contribution is -0.290. The van der Waals surface area contributed by atoms with Crippen molar-refractivity contribution in [2.45, 2.75) is 114 Å². The molecule has 0 amide bonds. The highest BCUT2D eigenvalue weighted by atomic mass is 28.3. The molecule has 1 aliphatic heterocycles. The molecule has 1 aromatic carbocycles. The molecule has 2 fully saturated rings. The minimum absolute atomic E-state index is 0.0570. The van der Waals surface area contributed by atoms with Crippen LogP contribution in [0.15, 0.2) is 12.1 Å². The van der Waals surface area contributed by atoms with Crippen molar-refractivity contribution in [3.8, 4) is 5.75 Å². The summed E-state index contributed by atoms with van der Waals surface area (Å²) in [6, 6.07) is 6.57. The molecule has 206 valence electrons. The summed E-state index contributed by atoms with van der Waals surface area (Å²) < 4.78 is 95.8. The first-order valence-corrected chi connectivity index (χ1v) is 16.0. The van der Waals surface area contributed by atoms with E-state index < -0.39 is 44.9 Å². The highest BCUT2D eigenvalue weighted by Crippen LogP contribution is 2.41. The van der Waals surface area contributed by atoms with Gasteiger partial charge in [-0.1, -0.05) is 70.0 Å². The number of halogens is 7. The average Bonchev–Trinajstić information content (AvgIpc) is 2.82. The van der Waals surface area contributed by atoms with Gasteiger partial charge in [-0.2, -0.15) is 22.0 Å². The zero-order valence-electron chi connectivity index (χ0n) is 21.1. The Morgan fingerprint density at radius 1 is 0.833 bits per heavy atom. The van der Waals surface area contributed by atoms with E-state index >= 15 is 0 Å². The van der Waals surface area contributed by atoms with E-state index in [0.29, 0.717) is 11.5 Å². The van der Waals surface area contributed by atoms with Crippen LogP contribution in [0.4, 0.5) is 30.7 Å². The summed E-state index contributed by atoms with van der Waals surface area (Å²) in [6.45, 7) is 0.128. The molecule has 0 unspecified atom stereocenters. The van der Waals surface area contributed by atoms with Crippen molar-refractivity contribution in [1.29, 1.82) is 0 Å². The van der Waals surface area contributed by atoms with E-state index in [1.807, 2.05) is 0 Å². The summed E-state index contributed by atoms with van der Waals surface area (Å²) in [4.78, 5) is 0. The second-order valence-electron chi connectivity index (χ2n) is 11.0. The lowest BCUT2D eigenvalue weighted by atomic mass is 9.77. The molecule has 0 aromatic heterocycles. The Morgan fingerprint density at radius 3 is 1.86 bits per heavy atom. The molecular weight excluding hydrogens is 501 g/mol. The van der Waals surface area contributed by atoms with Gasteiger partial charge < -0.3 is 4.74 Å². The van der Waals surface area contributed by atoms with E-state index in [4.69, 9.17) is 0 Å². The van der Waals surface area contributed by atoms with E-state index in [1.165, 1.54) is 63.1 Å². The minimum Gasteiger partial charge on any atom is -0.481 e. The fourth-order valence-electron chi connectivity index (χ4n) is 6.07. The van der Waals surface area contributed by atoms with Gasteiger partial charge in [0.25, 0.3) is 0 Å². The van der Waals surface area contributed by atoms with E-state index in [2.05, 4.69) is 11.7 Å². The first-order valence-electron chi connectivity index (χ1n) is 13.6. The highest BCUT2D eigenvalue weighted by Gasteiger charge is 2.58. The van der Waals surface area contributed by atoms with E-state index in [0.717, 1.165) is 43.7 Å². The second-order valence-corrected chi connectivity index (χ2v) is 14.4. The largest absolute Gasteiger partial charge is 0.481 e. The predicted octanol–water partition coefficient (Wildman–Crippen LogP) is 9.42. The average molecular weight is 541 g/mol. The van der Waals surface area contributed by atoms with Gasteiger partial charge in [-0.25, -0.2) is 8.78 Å². The maximum atomic E-state index is 14.3. The van der Waals surface area contributed by atoms with Crippen LogP contribution in [0.3, 0.4) is 0 Å². The zero-order chi connectivity index (χ0) is 26.3. The van der Waals surface area contributed by atoms with E-state index in [-0.39, 0.29) is 5.92 Å². The Bertz CT molecular complexity index is 790. The summed E-state index contributed by atoms with van der Waals surface area (Å²) in [5, 5.41) is 0. The number of hydrogen-bond acceptors (Lipinski definition) is 1. The third-order valence-corrected chi connectivity index (χ3v) is 12.0. The zero-order valence-corrected chi connectivity index (χ0v) is 22.3. The Morgan fingerprint density at radius 2 is 1.36 bits per heavy atom. The van der Waals surface area contributed by atoms with Crippen molar-refractivity contribution in [2.75, 3.05) is 6.61 Å². The normalized spacial score (nSPS) is 25.7. The molecule has 1 aromatic rings. The van der Waals surface area contributed by atoms with Gasteiger partial charge >= 0.3 is 12.1 Å². The lowest BCUT2D eigenvalue weighted by Crippen LogP contribution is -2.42. The Labute approximate surface area is 211 Å². The highest BCUT2D eigenvalue weighted by molar-refractivity contribution is 6.58. The maximum absolute atomic E-state index is 14.3. The summed E-state index contributed by atoms with van der Waals surface area (Å²) in [5.74, 6) is -7.43. The first kappa shape index (κ1) is 29.3. The molecule has 0 radical (unpaired) electrons. The molecule has 1 heterocycles. The summed E-state index contributed by atoms with van der Waals surface area (Å²) >= 11 is 0. The molecule has 1 saturated carbocycles. The van der Waals surface area contributed by atoms with Gasteiger partial charge in [-0.05, 0) is 61.1 Å². The molecule has 2 aliphatic rings. The number of rotatable bonds is 11. The number of alkyl halides is 5. The third-order valence-electron chi connectivity index (χ3n) is 8.29. The van der Waals surface area contributed by atoms with Gasteiger partial charge in [0.15, 0.2) is 24.0 Å². The molecule has 1 saturated heterocycles. The monoisotopic (exact) mass is 540 g/mol. The van der Waals surface area contributed by atoms with E-state index in [1.54, 1.807) is 0 Å². The standard InChI is InChI=1S/C27H39F7OSi/c1-2-13-36-14-11-20(12-15-36)6-4-3-5-19-7-9-21(10-8-19)22-16-23(28)25(24(29)17-22)35-18-26(30,31)27(32,33)34/h16-17,19-21,36H,2-15,18H2,1H3/t19-,20-,21-,36-. The fourth-order valence-corrected chi connectivity index (χ4v) is 9.63. The van der Waals surface area contributed by atoms with Crippen LogP contribution < -0.4 is 4.74 Å². The second kappa shape index (κ2) is 13.0. The van der Waals surface area contributed by atoms with Crippen molar-refractivity contribution in [3.05, 3.63) is 29.3 Å². The smallest absolute Gasteiger partial charge is 0.456 e. The van der Waals surface area contributed by atoms with Gasteiger partial charge in [-0.15, -0.1) is 0 Å². The molecular formula is C27H39F7OSi. The van der Waals surface area contributed by atoms with Crippen LogP contribution in [0.5, 0.6) is 5.75 Å². The molecule has 9 heteroatoms. The Hall–Kier alpha value is -1.25.